The minimum absolute atomic E-state index is 0.234. The maximum atomic E-state index is 13.4. The molecule has 6 heteroatoms. The van der Waals surface area contributed by atoms with E-state index >= 15 is 0 Å². The summed E-state index contributed by atoms with van der Waals surface area (Å²) in [6, 6.07) is 23.9. The summed E-state index contributed by atoms with van der Waals surface area (Å²) < 4.78 is 18.9. The van der Waals surface area contributed by atoms with E-state index in [1.807, 2.05) is 81.4 Å². The van der Waals surface area contributed by atoms with Crippen LogP contribution in [0.2, 0.25) is 0 Å². The van der Waals surface area contributed by atoms with Crippen LogP contribution in [0.1, 0.15) is 31.9 Å². The minimum atomic E-state index is -0.744. The van der Waals surface area contributed by atoms with E-state index < -0.39 is 11.6 Å². The molecule has 3 aromatic rings. The number of carbonyl (C=O) groups excluding carboxylic acids is 2. The zero-order valence-electron chi connectivity index (χ0n) is 19.8. The summed E-state index contributed by atoms with van der Waals surface area (Å²) in [6.45, 7) is 5.70. The van der Waals surface area contributed by atoms with Crippen molar-refractivity contribution in [2.45, 2.75) is 45.3 Å². The zero-order chi connectivity index (χ0) is 24.6. The Balaban J connectivity index is 1.89. The summed E-state index contributed by atoms with van der Waals surface area (Å²) in [4.78, 5) is 28.4. The molecule has 0 saturated heterocycles. The van der Waals surface area contributed by atoms with E-state index in [4.69, 9.17) is 4.74 Å². The Morgan fingerprint density at radius 3 is 2.00 bits per heavy atom. The Hall–Kier alpha value is -3.67. The summed E-state index contributed by atoms with van der Waals surface area (Å²) in [5, 5.41) is 3.03. The molecule has 1 unspecified atom stereocenters. The molecule has 5 nitrogen and oxygen atoms in total. The molecule has 0 radical (unpaired) electrons. The van der Waals surface area contributed by atoms with Gasteiger partial charge in [0.2, 0.25) is 5.91 Å². The smallest absolute Gasteiger partial charge is 0.261 e. The van der Waals surface area contributed by atoms with Crippen LogP contribution in [-0.4, -0.2) is 34.9 Å². The monoisotopic (exact) mass is 462 g/mol. The fourth-order valence-corrected chi connectivity index (χ4v) is 3.55. The van der Waals surface area contributed by atoms with Gasteiger partial charge >= 0.3 is 0 Å². The lowest BCUT2D eigenvalue weighted by Gasteiger charge is -2.33. The quantitative estimate of drug-likeness (QED) is 0.499. The van der Waals surface area contributed by atoms with Crippen molar-refractivity contribution in [2.75, 3.05) is 6.61 Å². The molecule has 178 valence electrons. The molecular weight excluding hydrogens is 431 g/mol. The predicted octanol–water partition coefficient (Wildman–Crippen LogP) is 4.76. The standard InChI is InChI=1S/C28H31FN2O3/c1-28(2,3)30-27(33)25(18-21-10-6-4-7-11-21)31(19-22-12-8-5-9-13-22)26(32)20-34-24-16-14-23(29)15-17-24/h4-17,25H,18-20H2,1-3H3,(H,30,33). The van der Waals surface area contributed by atoms with Gasteiger partial charge in [-0.1, -0.05) is 60.7 Å². The number of carbonyl (C=O) groups is 2. The second kappa shape index (κ2) is 11.5. The van der Waals surface area contributed by atoms with Gasteiger partial charge in [-0.2, -0.15) is 0 Å². The van der Waals surface area contributed by atoms with Crippen LogP contribution in [-0.2, 0) is 22.6 Å². The van der Waals surface area contributed by atoms with E-state index in [1.165, 1.54) is 24.3 Å². The number of nitrogens with one attached hydrogen (secondary N) is 1. The number of rotatable bonds is 9. The molecule has 0 aliphatic rings. The maximum Gasteiger partial charge on any atom is 0.261 e. The van der Waals surface area contributed by atoms with Crippen molar-refractivity contribution in [1.82, 2.24) is 10.2 Å². The normalized spacial score (nSPS) is 12.0. The van der Waals surface area contributed by atoms with Crippen molar-refractivity contribution in [2.24, 2.45) is 0 Å². The molecule has 1 atom stereocenters. The lowest BCUT2D eigenvalue weighted by Crippen LogP contribution is -2.55. The number of benzene rings is 3. The van der Waals surface area contributed by atoms with Gasteiger partial charge in [0.05, 0.1) is 0 Å². The molecule has 34 heavy (non-hydrogen) atoms. The van der Waals surface area contributed by atoms with Crippen LogP contribution < -0.4 is 10.1 Å². The summed E-state index contributed by atoms with van der Waals surface area (Å²) in [6.07, 6.45) is 0.359. The van der Waals surface area contributed by atoms with Crippen LogP contribution in [0, 0.1) is 5.82 Å². The second-order valence-corrected chi connectivity index (χ2v) is 9.19. The Bertz CT molecular complexity index is 1060. The highest BCUT2D eigenvalue weighted by molar-refractivity contribution is 5.89. The Kier molecular flexibility index (Phi) is 8.41. The summed E-state index contributed by atoms with van der Waals surface area (Å²) in [5.41, 5.74) is 1.39. The average Bonchev–Trinajstić information content (AvgIpc) is 2.81. The highest BCUT2D eigenvalue weighted by Crippen LogP contribution is 2.17. The van der Waals surface area contributed by atoms with Crippen LogP contribution in [0.4, 0.5) is 4.39 Å². The lowest BCUT2D eigenvalue weighted by molar-refractivity contribution is -0.143. The predicted molar refractivity (Wildman–Crippen MR) is 131 cm³/mol. The topological polar surface area (TPSA) is 58.6 Å². The average molecular weight is 463 g/mol. The van der Waals surface area contributed by atoms with E-state index in [-0.39, 0.29) is 30.8 Å². The molecule has 3 aromatic carbocycles. The van der Waals surface area contributed by atoms with Crippen LogP contribution >= 0.6 is 0 Å². The number of amides is 2. The fourth-order valence-electron chi connectivity index (χ4n) is 3.55. The summed E-state index contributed by atoms with van der Waals surface area (Å²) in [5.74, 6) is -0.570. The Morgan fingerprint density at radius 2 is 1.44 bits per heavy atom. The number of hydrogen-bond donors (Lipinski definition) is 1. The number of nitrogens with zero attached hydrogens (tertiary/aromatic N) is 1. The first-order chi connectivity index (χ1) is 16.2. The van der Waals surface area contributed by atoms with Crippen molar-refractivity contribution < 1.29 is 18.7 Å². The highest BCUT2D eigenvalue weighted by atomic mass is 19.1. The van der Waals surface area contributed by atoms with E-state index in [0.29, 0.717) is 12.2 Å². The van der Waals surface area contributed by atoms with Gasteiger partial charge in [0.15, 0.2) is 6.61 Å². The van der Waals surface area contributed by atoms with Gasteiger partial charge in [0.25, 0.3) is 5.91 Å². The van der Waals surface area contributed by atoms with Crippen LogP contribution in [0.5, 0.6) is 5.75 Å². The number of halogens is 1. The third-order valence-electron chi connectivity index (χ3n) is 5.14. The molecule has 0 saturated carbocycles. The van der Waals surface area contributed by atoms with Crippen LogP contribution in [0.25, 0.3) is 0 Å². The third-order valence-corrected chi connectivity index (χ3v) is 5.14. The molecule has 0 aliphatic heterocycles. The van der Waals surface area contributed by atoms with Gasteiger partial charge in [-0.3, -0.25) is 9.59 Å². The SMILES string of the molecule is CC(C)(C)NC(=O)C(Cc1ccccc1)N(Cc1ccccc1)C(=O)COc1ccc(F)cc1. The van der Waals surface area contributed by atoms with Crippen LogP contribution in [0.3, 0.4) is 0 Å². The number of hydrogen-bond acceptors (Lipinski definition) is 3. The molecular formula is C28H31FN2O3. The van der Waals surface area contributed by atoms with Gasteiger partial charge in [-0.25, -0.2) is 4.39 Å². The van der Waals surface area contributed by atoms with Crippen molar-refractivity contribution in [1.29, 1.82) is 0 Å². The van der Waals surface area contributed by atoms with Gasteiger partial charge in [-0.05, 0) is 56.2 Å². The molecule has 0 heterocycles. The third kappa shape index (κ3) is 7.73. The highest BCUT2D eigenvalue weighted by Gasteiger charge is 2.32. The molecule has 0 fully saturated rings. The van der Waals surface area contributed by atoms with Crippen LogP contribution in [0.15, 0.2) is 84.9 Å². The molecule has 0 aromatic heterocycles. The maximum absolute atomic E-state index is 13.4. The largest absolute Gasteiger partial charge is 0.484 e. The van der Waals surface area contributed by atoms with E-state index in [1.54, 1.807) is 4.90 Å². The number of ether oxygens (including phenoxy) is 1. The van der Waals surface area contributed by atoms with Crippen molar-refractivity contribution in [3.8, 4) is 5.75 Å². The van der Waals surface area contributed by atoms with Gasteiger partial charge in [0, 0.05) is 18.5 Å². The zero-order valence-corrected chi connectivity index (χ0v) is 19.8. The molecule has 1 N–H and O–H groups in total. The van der Waals surface area contributed by atoms with Gasteiger partial charge < -0.3 is 15.0 Å². The second-order valence-electron chi connectivity index (χ2n) is 9.19. The van der Waals surface area contributed by atoms with Gasteiger partial charge in [0.1, 0.15) is 17.6 Å². The fraction of sp³-hybridized carbons (Fsp3) is 0.286. The van der Waals surface area contributed by atoms with Crippen molar-refractivity contribution in [3.05, 3.63) is 102 Å². The first kappa shape index (κ1) is 25.0. The van der Waals surface area contributed by atoms with E-state index in [9.17, 15) is 14.0 Å². The summed E-state index contributed by atoms with van der Waals surface area (Å²) in [7, 11) is 0. The molecule has 3 rings (SSSR count). The molecule has 0 spiro atoms. The van der Waals surface area contributed by atoms with Gasteiger partial charge in [-0.15, -0.1) is 0 Å². The Morgan fingerprint density at radius 1 is 0.882 bits per heavy atom. The minimum Gasteiger partial charge on any atom is -0.484 e. The Labute approximate surface area is 200 Å². The summed E-state index contributed by atoms with van der Waals surface area (Å²) >= 11 is 0. The van der Waals surface area contributed by atoms with E-state index in [0.717, 1.165) is 11.1 Å². The lowest BCUT2D eigenvalue weighted by atomic mass is 10.0. The van der Waals surface area contributed by atoms with Crippen molar-refractivity contribution in [3.63, 3.8) is 0 Å². The molecule has 0 aliphatic carbocycles. The molecule has 0 bridgehead atoms. The first-order valence-electron chi connectivity index (χ1n) is 11.3. The van der Waals surface area contributed by atoms with Crippen molar-refractivity contribution >= 4 is 11.8 Å². The molecule has 2 amide bonds. The van der Waals surface area contributed by atoms with E-state index in [2.05, 4.69) is 5.32 Å². The first-order valence-corrected chi connectivity index (χ1v) is 11.3.